The topological polar surface area (TPSA) is 58.1 Å². The van der Waals surface area contributed by atoms with Crippen molar-refractivity contribution >= 4 is 40.6 Å². The van der Waals surface area contributed by atoms with Gasteiger partial charge in [-0.1, -0.05) is 59.6 Å². The van der Waals surface area contributed by atoms with Gasteiger partial charge in [0.15, 0.2) is 0 Å². The van der Waals surface area contributed by atoms with Gasteiger partial charge in [-0.3, -0.25) is 4.79 Å². The second kappa shape index (κ2) is 8.17. The van der Waals surface area contributed by atoms with Crippen molar-refractivity contribution in [2.24, 2.45) is 0 Å². The number of amides is 1. The lowest BCUT2D eigenvalue weighted by molar-refractivity contribution is 0.102. The van der Waals surface area contributed by atoms with Crippen molar-refractivity contribution in [1.29, 1.82) is 0 Å². The first-order valence-electron chi connectivity index (χ1n) is 7.87. The molecule has 7 heteroatoms. The lowest BCUT2D eigenvalue weighted by Gasteiger charge is -2.18. The van der Waals surface area contributed by atoms with E-state index in [0.717, 1.165) is 5.56 Å². The maximum atomic E-state index is 12.5. The fourth-order valence-corrected chi connectivity index (χ4v) is 2.75. The van der Waals surface area contributed by atoms with Gasteiger partial charge < -0.3 is 10.2 Å². The first-order valence-corrected chi connectivity index (χ1v) is 8.62. The molecule has 0 bridgehead atoms. The zero-order chi connectivity index (χ0) is 18.5. The molecule has 0 unspecified atom stereocenters. The molecule has 1 amide bonds. The predicted octanol–water partition coefficient (Wildman–Crippen LogP) is 4.67. The maximum absolute atomic E-state index is 12.5. The van der Waals surface area contributed by atoms with E-state index in [0.29, 0.717) is 23.1 Å². The van der Waals surface area contributed by atoms with Crippen LogP contribution in [0.15, 0.2) is 60.9 Å². The summed E-state index contributed by atoms with van der Waals surface area (Å²) in [6, 6.07) is 16.7. The third kappa shape index (κ3) is 4.31. The van der Waals surface area contributed by atoms with Crippen LogP contribution < -0.4 is 10.2 Å². The van der Waals surface area contributed by atoms with E-state index in [1.165, 1.54) is 6.33 Å². The zero-order valence-electron chi connectivity index (χ0n) is 14.0. The minimum atomic E-state index is -0.383. The fraction of sp³-hybridized carbons (Fsp3) is 0.105. The summed E-state index contributed by atoms with van der Waals surface area (Å²) < 4.78 is 0. The average molecular weight is 387 g/mol. The highest BCUT2D eigenvalue weighted by atomic mass is 35.5. The van der Waals surface area contributed by atoms with Gasteiger partial charge in [-0.25, -0.2) is 9.97 Å². The molecule has 0 saturated heterocycles. The quantitative estimate of drug-likeness (QED) is 0.691. The molecule has 132 valence electrons. The minimum absolute atomic E-state index is 0.242. The summed E-state index contributed by atoms with van der Waals surface area (Å²) in [5.74, 6) is 0.261. The van der Waals surface area contributed by atoms with Crippen LogP contribution in [0.5, 0.6) is 0 Å². The molecule has 1 heterocycles. The lowest BCUT2D eigenvalue weighted by atomic mass is 10.2. The molecule has 1 aromatic heterocycles. The minimum Gasteiger partial charge on any atom is -0.355 e. The van der Waals surface area contributed by atoms with Gasteiger partial charge in [0.05, 0.1) is 15.7 Å². The molecule has 0 saturated carbocycles. The van der Waals surface area contributed by atoms with E-state index in [-0.39, 0.29) is 16.6 Å². The standard InChI is InChI=1S/C19H16Cl2N4O/c1-25(11-13-6-3-2-4-7-13)17-10-16(22-12-23-17)19(26)24-15-9-5-8-14(20)18(15)21/h2-10,12H,11H2,1H3,(H,24,26). The number of aromatic nitrogens is 2. The van der Waals surface area contributed by atoms with Crippen LogP contribution in [-0.2, 0) is 6.54 Å². The van der Waals surface area contributed by atoms with E-state index in [2.05, 4.69) is 15.3 Å². The van der Waals surface area contributed by atoms with Gasteiger partial charge in [0.25, 0.3) is 5.91 Å². The van der Waals surface area contributed by atoms with Gasteiger partial charge in [-0.05, 0) is 17.7 Å². The van der Waals surface area contributed by atoms with Crippen LogP contribution in [0.4, 0.5) is 11.5 Å². The predicted molar refractivity (Wildman–Crippen MR) is 105 cm³/mol. The first-order chi connectivity index (χ1) is 12.5. The van der Waals surface area contributed by atoms with Crippen molar-refractivity contribution in [3.05, 3.63) is 82.2 Å². The van der Waals surface area contributed by atoms with Crippen LogP contribution in [-0.4, -0.2) is 22.9 Å². The second-order valence-corrected chi connectivity index (χ2v) is 6.44. The monoisotopic (exact) mass is 386 g/mol. The van der Waals surface area contributed by atoms with E-state index in [1.54, 1.807) is 24.3 Å². The molecule has 1 N–H and O–H groups in total. The number of anilines is 2. The summed E-state index contributed by atoms with van der Waals surface area (Å²) in [6.07, 6.45) is 1.37. The van der Waals surface area contributed by atoms with Crippen LogP contribution in [0.1, 0.15) is 16.1 Å². The largest absolute Gasteiger partial charge is 0.355 e. The molecule has 3 rings (SSSR count). The van der Waals surface area contributed by atoms with E-state index in [9.17, 15) is 4.79 Å². The van der Waals surface area contributed by atoms with Crippen LogP contribution in [0.25, 0.3) is 0 Å². The van der Waals surface area contributed by atoms with Crippen LogP contribution >= 0.6 is 23.2 Å². The molecule has 0 atom stereocenters. The molecule has 0 fully saturated rings. The number of nitrogens with one attached hydrogen (secondary N) is 1. The lowest BCUT2D eigenvalue weighted by Crippen LogP contribution is -2.20. The van der Waals surface area contributed by atoms with Crippen molar-refractivity contribution in [3.8, 4) is 0 Å². The van der Waals surface area contributed by atoms with E-state index < -0.39 is 0 Å². The Labute approximate surface area is 161 Å². The summed E-state index contributed by atoms with van der Waals surface area (Å²) in [4.78, 5) is 22.7. The van der Waals surface area contributed by atoms with Crippen LogP contribution in [0.3, 0.4) is 0 Å². The summed E-state index contributed by atoms with van der Waals surface area (Å²) in [5, 5.41) is 3.38. The van der Waals surface area contributed by atoms with Gasteiger partial charge in [-0.2, -0.15) is 0 Å². The maximum Gasteiger partial charge on any atom is 0.274 e. The number of halogens is 2. The highest BCUT2D eigenvalue weighted by Gasteiger charge is 2.14. The van der Waals surface area contributed by atoms with Crippen LogP contribution in [0.2, 0.25) is 10.0 Å². The van der Waals surface area contributed by atoms with Gasteiger partial charge in [-0.15, -0.1) is 0 Å². The van der Waals surface area contributed by atoms with Gasteiger partial charge in [0, 0.05) is 19.7 Å². The van der Waals surface area contributed by atoms with Crippen LogP contribution in [0, 0.1) is 0 Å². The Balaban J connectivity index is 1.76. The highest BCUT2D eigenvalue weighted by molar-refractivity contribution is 6.44. The Bertz CT molecular complexity index is 918. The van der Waals surface area contributed by atoms with Crippen molar-refractivity contribution in [2.75, 3.05) is 17.3 Å². The second-order valence-electron chi connectivity index (χ2n) is 5.66. The van der Waals surface area contributed by atoms with E-state index in [1.807, 2.05) is 42.3 Å². The molecule has 2 aromatic carbocycles. The van der Waals surface area contributed by atoms with Crippen molar-refractivity contribution in [1.82, 2.24) is 9.97 Å². The molecule has 0 radical (unpaired) electrons. The average Bonchev–Trinajstić information content (AvgIpc) is 2.66. The number of nitrogens with zero attached hydrogens (tertiary/aromatic N) is 3. The highest BCUT2D eigenvalue weighted by Crippen LogP contribution is 2.29. The third-order valence-corrected chi connectivity index (χ3v) is 4.56. The number of hydrogen-bond acceptors (Lipinski definition) is 4. The molecular formula is C19H16Cl2N4O. The summed E-state index contributed by atoms with van der Waals surface area (Å²) in [7, 11) is 1.91. The Hall–Kier alpha value is -2.63. The normalized spacial score (nSPS) is 10.4. The summed E-state index contributed by atoms with van der Waals surface area (Å²) >= 11 is 12.1. The van der Waals surface area contributed by atoms with Crippen molar-refractivity contribution < 1.29 is 4.79 Å². The number of benzene rings is 2. The fourth-order valence-electron chi connectivity index (χ4n) is 2.40. The van der Waals surface area contributed by atoms with Crippen molar-refractivity contribution in [3.63, 3.8) is 0 Å². The first kappa shape index (κ1) is 18.2. The molecule has 0 aliphatic heterocycles. The van der Waals surface area contributed by atoms with E-state index in [4.69, 9.17) is 23.2 Å². The molecule has 0 aliphatic carbocycles. The number of hydrogen-bond donors (Lipinski definition) is 1. The third-order valence-electron chi connectivity index (χ3n) is 3.74. The summed E-state index contributed by atoms with van der Waals surface area (Å²) in [6.45, 7) is 0.666. The Morgan fingerprint density at radius 1 is 1.08 bits per heavy atom. The molecule has 3 aromatic rings. The number of carbonyl (C=O) groups is 1. The number of rotatable bonds is 5. The summed E-state index contributed by atoms with van der Waals surface area (Å²) in [5.41, 5.74) is 1.82. The molecule has 0 aliphatic rings. The Morgan fingerprint density at radius 2 is 1.85 bits per heavy atom. The van der Waals surface area contributed by atoms with E-state index >= 15 is 0 Å². The Kier molecular flexibility index (Phi) is 5.71. The van der Waals surface area contributed by atoms with Gasteiger partial charge >= 0.3 is 0 Å². The molecule has 5 nitrogen and oxygen atoms in total. The molecule has 0 spiro atoms. The zero-order valence-corrected chi connectivity index (χ0v) is 15.5. The Morgan fingerprint density at radius 3 is 2.62 bits per heavy atom. The molecular weight excluding hydrogens is 371 g/mol. The van der Waals surface area contributed by atoms with Gasteiger partial charge in [0.1, 0.15) is 17.8 Å². The van der Waals surface area contributed by atoms with Gasteiger partial charge in [0.2, 0.25) is 0 Å². The molecule has 26 heavy (non-hydrogen) atoms. The SMILES string of the molecule is CN(Cc1ccccc1)c1cc(C(=O)Nc2cccc(Cl)c2Cl)ncn1. The van der Waals surface area contributed by atoms with Crippen molar-refractivity contribution in [2.45, 2.75) is 6.54 Å². The number of carbonyl (C=O) groups excluding carboxylic acids is 1. The smallest absolute Gasteiger partial charge is 0.274 e.